The summed E-state index contributed by atoms with van der Waals surface area (Å²) in [7, 11) is -3.09. The van der Waals surface area contributed by atoms with Gasteiger partial charge in [0.2, 0.25) is 10.0 Å². The smallest absolute Gasteiger partial charge is 0.211 e. The Balaban J connectivity index is 2.10. The van der Waals surface area contributed by atoms with E-state index in [1.54, 1.807) is 6.08 Å². The molecule has 7 heteroatoms. The molecule has 0 aliphatic carbocycles. The molecule has 18 heavy (non-hydrogen) atoms. The van der Waals surface area contributed by atoms with Crippen LogP contribution in [0.25, 0.3) is 0 Å². The minimum absolute atomic E-state index is 0.112. The van der Waals surface area contributed by atoms with Gasteiger partial charge in [-0.2, -0.15) is 0 Å². The van der Waals surface area contributed by atoms with Gasteiger partial charge in [0.25, 0.3) is 0 Å². The Kier molecular flexibility index (Phi) is 3.37. The lowest BCUT2D eigenvalue weighted by Crippen LogP contribution is -2.57. The number of nitrogens with zero attached hydrogens (tertiary/aromatic N) is 3. The van der Waals surface area contributed by atoms with Crippen molar-refractivity contribution in [1.82, 2.24) is 9.21 Å². The van der Waals surface area contributed by atoms with Gasteiger partial charge in [0.05, 0.1) is 18.3 Å². The van der Waals surface area contributed by atoms with E-state index in [-0.39, 0.29) is 5.54 Å². The molecule has 1 spiro atoms. The van der Waals surface area contributed by atoms with E-state index < -0.39 is 10.0 Å². The number of aliphatic imine (C=N–C) groups is 1. The average molecular weight is 272 g/mol. The summed E-state index contributed by atoms with van der Waals surface area (Å²) < 4.78 is 24.5. The normalized spacial score (nSPS) is 24.3. The summed E-state index contributed by atoms with van der Waals surface area (Å²) >= 11 is 0. The summed E-state index contributed by atoms with van der Waals surface area (Å²) in [6, 6.07) is 0. The van der Waals surface area contributed by atoms with E-state index in [4.69, 9.17) is 5.73 Å². The first-order valence-electron chi connectivity index (χ1n) is 6.03. The molecule has 0 aromatic rings. The number of hydrogen-bond donors (Lipinski definition) is 1. The second-order valence-electron chi connectivity index (χ2n) is 4.96. The van der Waals surface area contributed by atoms with E-state index in [0.29, 0.717) is 32.1 Å². The average Bonchev–Trinajstić information content (AvgIpc) is 2.59. The Morgan fingerprint density at radius 3 is 2.61 bits per heavy atom. The van der Waals surface area contributed by atoms with Gasteiger partial charge in [-0.1, -0.05) is 6.08 Å². The zero-order valence-corrected chi connectivity index (χ0v) is 11.5. The molecule has 0 aromatic heterocycles. The van der Waals surface area contributed by atoms with Crippen LogP contribution < -0.4 is 5.73 Å². The molecular weight excluding hydrogens is 252 g/mol. The van der Waals surface area contributed by atoms with E-state index in [9.17, 15) is 8.42 Å². The molecule has 2 aliphatic rings. The molecule has 1 saturated heterocycles. The number of hydrogen-bond acceptors (Lipinski definition) is 5. The van der Waals surface area contributed by atoms with E-state index in [1.165, 1.54) is 10.6 Å². The maximum absolute atomic E-state index is 11.5. The molecular formula is C11H20N4O2S. The van der Waals surface area contributed by atoms with Gasteiger partial charge in [0.1, 0.15) is 0 Å². The predicted octanol–water partition coefficient (Wildman–Crippen LogP) is -0.403. The summed E-state index contributed by atoms with van der Waals surface area (Å²) in [5.74, 6) is 0.544. The van der Waals surface area contributed by atoms with Crippen molar-refractivity contribution in [2.45, 2.75) is 18.4 Å². The number of guanidine groups is 1. The Labute approximate surface area is 108 Å². The van der Waals surface area contributed by atoms with Gasteiger partial charge in [0.15, 0.2) is 5.96 Å². The highest BCUT2D eigenvalue weighted by molar-refractivity contribution is 7.88. The van der Waals surface area contributed by atoms with Gasteiger partial charge < -0.3 is 10.6 Å². The third-order valence-electron chi connectivity index (χ3n) is 3.82. The number of rotatable bonds is 3. The van der Waals surface area contributed by atoms with Gasteiger partial charge in [-0.25, -0.2) is 12.7 Å². The standard InChI is InChI=1S/C11H20N4O2S/c1-3-6-15-10(12)13-9-11(15)4-7-14(8-5-11)18(2,16)17/h3H,1,4-9H2,2H3,(H2,12,13). The van der Waals surface area contributed by atoms with Crippen molar-refractivity contribution in [3.8, 4) is 0 Å². The number of piperidine rings is 1. The molecule has 0 unspecified atom stereocenters. The lowest BCUT2D eigenvalue weighted by molar-refractivity contribution is 0.130. The maximum atomic E-state index is 11.5. The molecule has 2 heterocycles. The molecule has 2 aliphatic heterocycles. The molecule has 0 atom stereocenters. The highest BCUT2D eigenvalue weighted by Gasteiger charge is 2.44. The Hall–Kier alpha value is -1.08. The SMILES string of the molecule is C=CCN1C(N)=NCC12CCN(S(C)(=O)=O)CC2. The summed E-state index contributed by atoms with van der Waals surface area (Å²) in [5, 5.41) is 0. The van der Waals surface area contributed by atoms with Crippen LogP contribution in [0.4, 0.5) is 0 Å². The summed E-state index contributed by atoms with van der Waals surface area (Å²) in [5.41, 5.74) is 5.78. The highest BCUT2D eigenvalue weighted by atomic mass is 32.2. The zero-order chi connectivity index (χ0) is 13.4. The fraction of sp³-hybridized carbons (Fsp3) is 0.727. The maximum Gasteiger partial charge on any atom is 0.211 e. The molecule has 6 nitrogen and oxygen atoms in total. The number of nitrogens with two attached hydrogens (primary N) is 1. The van der Waals surface area contributed by atoms with Gasteiger partial charge in [-0.3, -0.25) is 4.99 Å². The third-order valence-corrected chi connectivity index (χ3v) is 5.12. The summed E-state index contributed by atoms with van der Waals surface area (Å²) in [4.78, 5) is 6.36. The Morgan fingerprint density at radius 2 is 2.11 bits per heavy atom. The fourth-order valence-corrected chi connectivity index (χ4v) is 3.57. The Bertz CT molecular complexity index is 463. The van der Waals surface area contributed by atoms with E-state index in [0.717, 1.165) is 12.8 Å². The first-order valence-corrected chi connectivity index (χ1v) is 7.87. The van der Waals surface area contributed by atoms with E-state index >= 15 is 0 Å². The topological polar surface area (TPSA) is 79.0 Å². The van der Waals surface area contributed by atoms with Crippen molar-refractivity contribution in [2.24, 2.45) is 10.7 Å². The van der Waals surface area contributed by atoms with Crippen LogP contribution in [0.5, 0.6) is 0 Å². The van der Waals surface area contributed by atoms with Crippen LogP contribution in [-0.2, 0) is 10.0 Å². The van der Waals surface area contributed by atoms with Crippen LogP contribution in [0, 0.1) is 0 Å². The molecule has 2 N–H and O–H groups in total. The second kappa shape index (κ2) is 4.55. The Morgan fingerprint density at radius 1 is 1.50 bits per heavy atom. The van der Waals surface area contributed by atoms with Gasteiger partial charge in [-0.05, 0) is 12.8 Å². The fourth-order valence-electron chi connectivity index (χ4n) is 2.72. The molecule has 102 valence electrons. The van der Waals surface area contributed by atoms with Crippen molar-refractivity contribution in [3.63, 3.8) is 0 Å². The largest absolute Gasteiger partial charge is 0.370 e. The second-order valence-corrected chi connectivity index (χ2v) is 6.94. The summed E-state index contributed by atoms with van der Waals surface area (Å²) in [6.07, 6.45) is 4.58. The minimum Gasteiger partial charge on any atom is -0.370 e. The zero-order valence-electron chi connectivity index (χ0n) is 10.7. The first kappa shape index (κ1) is 13.4. The highest BCUT2D eigenvalue weighted by Crippen LogP contribution is 2.33. The molecule has 0 saturated carbocycles. The molecule has 0 aromatic carbocycles. The van der Waals surface area contributed by atoms with Crippen molar-refractivity contribution in [3.05, 3.63) is 12.7 Å². The van der Waals surface area contributed by atoms with Crippen LogP contribution in [0.15, 0.2) is 17.6 Å². The molecule has 0 bridgehead atoms. The minimum atomic E-state index is -3.09. The van der Waals surface area contributed by atoms with Crippen molar-refractivity contribution < 1.29 is 8.42 Å². The number of sulfonamides is 1. The molecule has 0 radical (unpaired) electrons. The van der Waals surface area contributed by atoms with Crippen molar-refractivity contribution >= 4 is 16.0 Å². The quantitative estimate of drug-likeness (QED) is 0.709. The van der Waals surface area contributed by atoms with E-state index in [2.05, 4.69) is 16.5 Å². The van der Waals surface area contributed by atoms with Crippen LogP contribution in [-0.4, -0.2) is 61.6 Å². The monoisotopic (exact) mass is 272 g/mol. The van der Waals surface area contributed by atoms with Crippen LogP contribution in [0.1, 0.15) is 12.8 Å². The van der Waals surface area contributed by atoms with Gasteiger partial charge in [0, 0.05) is 19.6 Å². The lowest BCUT2D eigenvalue weighted by atomic mass is 9.87. The van der Waals surface area contributed by atoms with Crippen LogP contribution in [0.2, 0.25) is 0 Å². The van der Waals surface area contributed by atoms with Crippen LogP contribution >= 0.6 is 0 Å². The molecule has 1 fully saturated rings. The molecule has 0 amide bonds. The van der Waals surface area contributed by atoms with E-state index in [1.807, 2.05) is 0 Å². The molecule has 2 rings (SSSR count). The van der Waals surface area contributed by atoms with Gasteiger partial charge in [-0.15, -0.1) is 6.58 Å². The lowest BCUT2D eigenvalue weighted by Gasteiger charge is -2.44. The van der Waals surface area contributed by atoms with Crippen LogP contribution in [0.3, 0.4) is 0 Å². The predicted molar refractivity (Wildman–Crippen MR) is 71.8 cm³/mol. The van der Waals surface area contributed by atoms with Crippen molar-refractivity contribution in [1.29, 1.82) is 0 Å². The first-order chi connectivity index (χ1) is 8.39. The van der Waals surface area contributed by atoms with Gasteiger partial charge >= 0.3 is 0 Å². The van der Waals surface area contributed by atoms with Crippen molar-refractivity contribution in [2.75, 3.05) is 32.4 Å². The third kappa shape index (κ3) is 2.24. The summed E-state index contributed by atoms with van der Waals surface area (Å²) in [6.45, 7) is 6.12.